The highest BCUT2D eigenvalue weighted by Gasteiger charge is 2.23. The fourth-order valence-electron chi connectivity index (χ4n) is 2.98. The summed E-state index contributed by atoms with van der Waals surface area (Å²) in [5.41, 5.74) is 0.922. The largest absolute Gasteiger partial charge is 0.373 e. The molecule has 0 aliphatic carbocycles. The molecule has 2 aromatic rings. The molecule has 7 nitrogen and oxygen atoms in total. The van der Waals surface area contributed by atoms with Crippen molar-refractivity contribution in [3.63, 3.8) is 0 Å². The van der Waals surface area contributed by atoms with Crippen LogP contribution in [-0.2, 0) is 22.5 Å². The van der Waals surface area contributed by atoms with E-state index in [2.05, 4.69) is 26.4 Å². The Hall–Kier alpha value is -2.15. The smallest absolute Gasteiger partial charge is 0.219 e. The van der Waals surface area contributed by atoms with E-state index < -0.39 is 0 Å². The number of hydrogen-bond acceptors (Lipinski definition) is 4. The Balaban J connectivity index is 1.69. The van der Waals surface area contributed by atoms with E-state index in [1.54, 1.807) is 13.1 Å². The van der Waals surface area contributed by atoms with Crippen LogP contribution in [0.2, 0.25) is 0 Å². The molecule has 1 aliphatic heterocycles. The van der Waals surface area contributed by atoms with Gasteiger partial charge in [-0.05, 0) is 6.42 Å². The van der Waals surface area contributed by atoms with Gasteiger partial charge in [0.2, 0.25) is 5.91 Å². The number of unbranched alkanes of at least 4 members (excludes halogenated alkanes) is 1. The first kappa shape index (κ1) is 16.7. The molecule has 1 saturated heterocycles. The minimum absolute atomic E-state index is 0.0157. The first-order valence-corrected chi connectivity index (χ1v) is 8.60. The van der Waals surface area contributed by atoms with Crippen molar-refractivity contribution >= 4 is 5.91 Å². The molecule has 0 saturated carbocycles. The number of nitrogens with zero attached hydrogens (tertiary/aromatic N) is 4. The first-order chi connectivity index (χ1) is 11.7. The van der Waals surface area contributed by atoms with E-state index in [1.807, 2.05) is 17.3 Å². The van der Waals surface area contributed by atoms with Crippen molar-refractivity contribution in [1.29, 1.82) is 0 Å². The summed E-state index contributed by atoms with van der Waals surface area (Å²) < 4.78 is 7.87. The van der Waals surface area contributed by atoms with E-state index in [0.717, 1.165) is 36.6 Å². The van der Waals surface area contributed by atoms with Crippen molar-refractivity contribution in [3.8, 4) is 11.5 Å². The number of H-pyrrole nitrogens is 1. The molecule has 0 spiro atoms. The van der Waals surface area contributed by atoms with Gasteiger partial charge in [0.25, 0.3) is 0 Å². The molecule has 1 aliphatic rings. The molecule has 130 valence electrons. The number of amides is 1. The first-order valence-electron chi connectivity index (χ1n) is 8.60. The van der Waals surface area contributed by atoms with Gasteiger partial charge in [-0.25, -0.2) is 9.97 Å². The number of morpholine rings is 1. The van der Waals surface area contributed by atoms with Crippen molar-refractivity contribution in [1.82, 2.24) is 24.4 Å². The number of rotatable bonds is 6. The summed E-state index contributed by atoms with van der Waals surface area (Å²) in [5.74, 6) is 1.95. The van der Waals surface area contributed by atoms with Crippen molar-refractivity contribution in [2.75, 3.05) is 19.7 Å². The van der Waals surface area contributed by atoms with Crippen LogP contribution in [-0.4, -0.2) is 56.1 Å². The van der Waals surface area contributed by atoms with Crippen molar-refractivity contribution in [2.24, 2.45) is 0 Å². The lowest BCUT2D eigenvalue weighted by molar-refractivity contribution is -0.136. The van der Waals surface area contributed by atoms with E-state index in [4.69, 9.17) is 4.74 Å². The Kier molecular flexibility index (Phi) is 5.30. The summed E-state index contributed by atoms with van der Waals surface area (Å²) in [7, 11) is 0. The van der Waals surface area contributed by atoms with E-state index in [9.17, 15) is 4.79 Å². The number of nitrogens with one attached hydrogen (secondary N) is 1. The van der Waals surface area contributed by atoms with Gasteiger partial charge in [-0.3, -0.25) is 4.79 Å². The third-order valence-electron chi connectivity index (χ3n) is 4.34. The number of hydrogen-bond donors (Lipinski definition) is 1. The molecule has 0 bridgehead atoms. The average Bonchev–Trinajstić information content (AvgIpc) is 3.22. The summed E-state index contributed by atoms with van der Waals surface area (Å²) in [5, 5.41) is 0. The highest BCUT2D eigenvalue weighted by atomic mass is 16.5. The molecule has 3 rings (SSSR count). The molecular formula is C17H25N5O2. The van der Waals surface area contributed by atoms with Crippen LogP contribution in [0.3, 0.4) is 0 Å². The van der Waals surface area contributed by atoms with Crippen LogP contribution in [0.4, 0.5) is 0 Å². The number of carbonyl (C=O) groups is 1. The minimum Gasteiger partial charge on any atom is -0.373 e. The van der Waals surface area contributed by atoms with Gasteiger partial charge in [-0.1, -0.05) is 13.3 Å². The van der Waals surface area contributed by atoms with Gasteiger partial charge in [-0.2, -0.15) is 0 Å². The van der Waals surface area contributed by atoms with Crippen LogP contribution in [0.1, 0.15) is 32.5 Å². The van der Waals surface area contributed by atoms with Crippen molar-refractivity contribution in [3.05, 3.63) is 24.4 Å². The van der Waals surface area contributed by atoms with Crippen LogP contribution in [0.25, 0.3) is 11.5 Å². The highest BCUT2D eigenvalue weighted by molar-refractivity contribution is 5.73. The number of carbonyl (C=O) groups excluding carboxylic acids is 1. The zero-order valence-corrected chi connectivity index (χ0v) is 14.4. The van der Waals surface area contributed by atoms with Crippen LogP contribution in [0.5, 0.6) is 0 Å². The summed E-state index contributed by atoms with van der Waals surface area (Å²) in [6.45, 7) is 6.32. The zero-order valence-electron chi connectivity index (χ0n) is 14.4. The number of aromatic nitrogens is 4. The molecular weight excluding hydrogens is 306 g/mol. The van der Waals surface area contributed by atoms with Gasteiger partial charge < -0.3 is 19.2 Å². The van der Waals surface area contributed by atoms with Gasteiger partial charge in [0, 0.05) is 38.8 Å². The maximum atomic E-state index is 11.6. The van der Waals surface area contributed by atoms with Crippen LogP contribution >= 0.6 is 0 Å². The summed E-state index contributed by atoms with van der Waals surface area (Å²) in [4.78, 5) is 25.6. The van der Waals surface area contributed by atoms with Crippen LogP contribution < -0.4 is 0 Å². The predicted octanol–water partition coefficient (Wildman–Crippen LogP) is 1.86. The Morgan fingerprint density at radius 2 is 2.33 bits per heavy atom. The second kappa shape index (κ2) is 7.61. The Labute approximate surface area is 142 Å². The highest BCUT2D eigenvalue weighted by Crippen LogP contribution is 2.18. The maximum absolute atomic E-state index is 11.6. The lowest BCUT2D eigenvalue weighted by Crippen LogP contribution is -2.46. The Morgan fingerprint density at radius 3 is 3.12 bits per heavy atom. The van der Waals surface area contributed by atoms with E-state index >= 15 is 0 Å². The average molecular weight is 331 g/mol. The fourth-order valence-corrected chi connectivity index (χ4v) is 2.98. The summed E-state index contributed by atoms with van der Waals surface area (Å²) in [6.07, 6.45) is 8.78. The van der Waals surface area contributed by atoms with E-state index in [0.29, 0.717) is 26.2 Å². The molecule has 0 aromatic carbocycles. The quantitative estimate of drug-likeness (QED) is 0.876. The third-order valence-corrected chi connectivity index (χ3v) is 4.34. The lowest BCUT2D eigenvalue weighted by atomic mass is 10.2. The molecule has 2 aromatic heterocycles. The molecule has 3 heterocycles. The Morgan fingerprint density at radius 1 is 1.46 bits per heavy atom. The van der Waals surface area contributed by atoms with Gasteiger partial charge in [-0.15, -0.1) is 0 Å². The number of ether oxygens (including phenoxy) is 1. The van der Waals surface area contributed by atoms with E-state index in [-0.39, 0.29) is 12.0 Å². The molecule has 1 atom stereocenters. The van der Waals surface area contributed by atoms with Crippen LogP contribution in [0, 0.1) is 0 Å². The fraction of sp³-hybridized carbons (Fsp3) is 0.588. The zero-order chi connectivity index (χ0) is 16.9. The number of aromatic amines is 1. The van der Waals surface area contributed by atoms with Gasteiger partial charge in [0.15, 0.2) is 5.82 Å². The maximum Gasteiger partial charge on any atom is 0.219 e. The summed E-state index contributed by atoms with van der Waals surface area (Å²) >= 11 is 0. The minimum atomic E-state index is -0.0157. The van der Waals surface area contributed by atoms with Crippen molar-refractivity contribution < 1.29 is 9.53 Å². The molecule has 24 heavy (non-hydrogen) atoms. The predicted molar refractivity (Wildman–Crippen MR) is 90.4 cm³/mol. The number of imidazole rings is 2. The van der Waals surface area contributed by atoms with Gasteiger partial charge in [0.05, 0.1) is 25.5 Å². The molecule has 0 unspecified atom stereocenters. The molecule has 7 heteroatoms. The number of aryl methyl sites for hydroxylation is 1. The standard InChI is InChI=1S/C17H25N5O2/c1-3-4-5-16-19-10-15(20-16)17-18-6-7-22(17)12-14-11-21(13(2)23)8-9-24-14/h6-7,10,14H,3-5,8-9,11-12H2,1-2H3,(H,19,20)/t14-/m1/s1. The van der Waals surface area contributed by atoms with Gasteiger partial charge >= 0.3 is 0 Å². The Bertz CT molecular complexity index is 678. The molecule has 1 N–H and O–H groups in total. The van der Waals surface area contributed by atoms with Crippen LogP contribution in [0.15, 0.2) is 18.6 Å². The van der Waals surface area contributed by atoms with E-state index in [1.165, 1.54) is 0 Å². The van der Waals surface area contributed by atoms with Gasteiger partial charge in [0.1, 0.15) is 11.5 Å². The third kappa shape index (κ3) is 3.84. The normalized spacial score (nSPS) is 18.1. The SMILES string of the molecule is CCCCc1ncc(-c2nccn2C[C@H]2CN(C(C)=O)CCO2)[nH]1. The monoisotopic (exact) mass is 331 g/mol. The topological polar surface area (TPSA) is 76.0 Å². The molecule has 1 amide bonds. The second-order valence-corrected chi connectivity index (χ2v) is 6.21. The molecule has 0 radical (unpaired) electrons. The molecule has 1 fully saturated rings. The second-order valence-electron chi connectivity index (χ2n) is 6.21. The summed E-state index contributed by atoms with van der Waals surface area (Å²) in [6, 6.07) is 0. The lowest BCUT2D eigenvalue weighted by Gasteiger charge is -2.32. The van der Waals surface area contributed by atoms with Crippen molar-refractivity contribution in [2.45, 2.75) is 45.8 Å².